The number of amides is 2. The SMILES string of the molecule is O=C(Nc1cccnc1N1CCCC1)N1CCSCC1. The minimum atomic E-state index is -0.00116. The summed E-state index contributed by atoms with van der Waals surface area (Å²) in [5, 5.41) is 3.03. The summed E-state index contributed by atoms with van der Waals surface area (Å²) in [4.78, 5) is 20.9. The summed E-state index contributed by atoms with van der Waals surface area (Å²) in [5.41, 5.74) is 0.831. The number of urea groups is 1. The second-order valence-corrected chi connectivity index (χ2v) is 6.32. The largest absolute Gasteiger partial charge is 0.355 e. The molecule has 2 aliphatic heterocycles. The summed E-state index contributed by atoms with van der Waals surface area (Å²) in [5.74, 6) is 2.96. The minimum absolute atomic E-state index is 0.00116. The highest BCUT2D eigenvalue weighted by Gasteiger charge is 2.21. The lowest BCUT2D eigenvalue weighted by Gasteiger charge is -2.27. The van der Waals surface area contributed by atoms with Crippen molar-refractivity contribution < 1.29 is 4.79 Å². The van der Waals surface area contributed by atoms with E-state index >= 15 is 0 Å². The van der Waals surface area contributed by atoms with Crippen LogP contribution in [0.4, 0.5) is 16.3 Å². The number of pyridine rings is 1. The molecule has 0 aromatic carbocycles. The van der Waals surface area contributed by atoms with Crippen LogP contribution in [0.5, 0.6) is 0 Å². The average molecular weight is 292 g/mol. The highest BCUT2D eigenvalue weighted by Crippen LogP contribution is 2.26. The lowest BCUT2D eigenvalue weighted by molar-refractivity contribution is 0.217. The molecule has 6 heteroatoms. The van der Waals surface area contributed by atoms with E-state index in [-0.39, 0.29) is 6.03 Å². The Balaban J connectivity index is 1.71. The molecule has 5 nitrogen and oxygen atoms in total. The zero-order valence-electron chi connectivity index (χ0n) is 11.5. The van der Waals surface area contributed by atoms with Gasteiger partial charge in [-0.15, -0.1) is 0 Å². The monoisotopic (exact) mass is 292 g/mol. The quantitative estimate of drug-likeness (QED) is 0.908. The molecule has 1 aromatic heterocycles. The van der Waals surface area contributed by atoms with E-state index < -0.39 is 0 Å². The van der Waals surface area contributed by atoms with Gasteiger partial charge in [-0.25, -0.2) is 9.78 Å². The summed E-state index contributed by atoms with van der Waals surface area (Å²) in [6, 6.07) is 3.82. The molecular formula is C14H20N4OS. The summed E-state index contributed by atoms with van der Waals surface area (Å²) >= 11 is 1.90. The van der Waals surface area contributed by atoms with Gasteiger partial charge < -0.3 is 15.1 Å². The van der Waals surface area contributed by atoms with Gasteiger partial charge in [0.1, 0.15) is 0 Å². The Hall–Kier alpha value is -1.43. The highest BCUT2D eigenvalue weighted by atomic mass is 32.2. The maximum atomic E-state index is 12.3. The van der Waals surface area contributed by atoms with E-state index in [2.05, 4.69) is 15.2 Å². The number of anilines is 2. The number of rotatable bonds is 2. The van der Waals surface area contributed by atoms with Gasteiger partial charge in [-0.05, 0) is 25.0 Å². The molecule has 108 valence electrons. The van der Waals surface area contributed by atoms with Crippen LogP contribution in [-0.2, 0) is 0 Å². The first-order valence-electron chi connectivity index (χ1n) is 7.18. The van der Waals surface area contributed by atoms with Crippen LogP contribution in [0.2, 0.25) is 0 Å². The van der Waals surface area contributed by atoms with Crippen molar-refractivity contribution in [3.8, 4) is 0 Å². The molecule has 2 fully saturated rings. The lowest BCUT2D eigenvalue weighted by Crippen LogP contribution is -2.41. The fraction of sp³-hybridized carbons (Fsp3) is 0.571. The summed E-state index contributed by atoms with van der Waals surface area (Å²) in [7, 11) is 0. The first-order valence-corrected chi connectivity index (χ1v) is 8.34. The Labute approximate surface area is 123 Å². The predicted octanol–water partition coefficient (Wildman–Crippen LogP) is 2.26. The van der Waals surface area contributed by atoms with Crippen molar-refractivity contribution in [1.82, 2.24) is 9.88 Å². The Morgan fingerprint density at radius 1 is 1.20 bits per heavy atom. The Morgan fingerprint density at radius 2 is 1.95 bits per heavy atom. The van der Waals surface area contributed by atoms with E-state index in [9.17, 15) is 4.79 Å². The number of carbonyl (C=O) groups excluding carboxylic acids is 1. The van der Waals surface area contributed by atoms with Crippen LogP contribution in [0.3, 0.4) is 0 Å². The summed E-state index contributed by atoms with van der Waals surface area (Å²) < 4.78 is 0. The fourth-order valence-electron chi connectivity index (χ4n) is 2.64. The van der Waals surface area contributed by atoms with Crippen molar-refractivity contribution in [3.63, 3.8) is 0 Å². The topological polar surface area (TPSA) is 48.5 Å². The van der Waals surface area contributed by atoms with Crippen molar-refractivity contribution >= 4 is 29.3 Å². The first kappa shape index (κ1) is 13.5. The van der Waals surface area contributed by atoms with Crippen molar-refractivity contribution in [2.24, 2.45) is 0 Å². The van der Waals surface area contributed by atoms with E-state index in [0.29, 0.717) is 0 Å². The van der Waals surface area contributed by atoms with E-state index in [0.717, 1.165) is 49.2 Å². The molecule has 0 spiro atoms. The normalized spacial score (nSPS) is 19.2. The number of carbonyl (C=O) groups is 1. The van der Waals surface area contributed by atoms with Crippen LogP contribution < -0.4 is 10.2 Å². The fourth-order valence-corrected chi connectivity index (χ4v) is 3.54. The molecular weight excluding hydrogens is 272 g/mol. The van der Waals surface area contributed by atoms with E-state index in [1.54, 1.807) is 6.20 Å². The Kier molecular flexibility index (Phi) is 4.30. The molecule has 0 unspecified atom stereocenters. The third-order valence-electron chi connectivity index (χ3n) is 3.73. The molecule has 1 N–H and O–H groups in total. The smallest absolute Gasteiger partial charge is 0.322 e. The Morgan fingerprint density at radius 3 is 2.70 bits per heavy atom. The lowest BCUT2D eigenvalue weighted by atomic mass is 10.3. The molecule has 2 saturated heterocycles. The molecule has 2 aliphatic rings. The van der Waals surface area contributed by atoms with Crippen molar-refractivity contribution in [1.29, 1.82) is 0 Å². The second-order valence-electron chi connectivity index (χ2n) is 5.10. The van der Waals surface area contributed by atoms with Gasteiger partial charge in [-0.1, -0.05) is 0 Å². The maximum Gasteiger partial charge on any atom is 0.322 e. The standard InChI is InChI=1S/C14H20N4OS/c19-14(18-8-10-20-11-9-18)16-12-4-3-5-15-13(12)17-6-1-2-7-17/h3-5H,1-2,6-11H2,(H,16,19). The number of thioether (sulfide) groups is 1. The van der Waals surface area contributed by atoms with Crippen LogP contribution in [0, 0.1) is 0 Å². The molecule has 0 aliphatic carbocycles. The molecule has 0 saturated carbocycles. The number of hydrogen-bond donors (Lipinski definition) is 1. The van der Waals surface area contributed by atoms with Crippen LogP contribution in [0.15, 0.2) is 18.3 Å². The number of nitrogens with zero attached hydrogens (tertiary/aromatic N) is 3. The average Bonchev–Trinajstić information content (AvgIpc) is 3.03. The van der Waals surface area contributed by atoms with Crippen LogP contribution >= 0.6 is 11.8 Å². The van der Waals surface area contributed by atoms with Crippen LogP contribution in [0.1, 0.15) is 12.8 Å². The molecule has 1 aromatic rings. The third-order valence-corrected chi connectivity index (χ3v) is 4.67. The van der Waals surface area contributed by atoms with E-state index in [1.807, 2.05) is 28.8 Å². The van der Waals surface area contributed by atoms with E-state index in [1.165, 1.54) is 12.8 Å². The summed E-state index contributed by atoms with van der Waals surface area (Å²) in [6.07, 6.45) is 4.20. The van der Waals surface area contributed by atoms with Crippen molar-refractivity contribution in [2.45, 2.75) is 12.8 Å². The third kappa shape index (κ3) is 3.00. The summed E-state index contributed by atoms with van der Waals surface area (Å²) in [6.45, 7) is 3.71. The predicted molar refractivity (Wildman–Crippen MR) is 83.6 cm³/mol. The molecule has 3 heterocycles. The molecule has 3 rings (SSSR count). The van der Waals surface area contributed by atoms with Gasteiger partial charge in [0.2, 0.25) is 0 Å². The molecule has 20 heavy (non-hydrogen) atoms. The molecule has 0 atom stereocenters. The van der Waals surface area contributed by atoms with Crippen molar-refractivity contribution in [2.75, 3.05) is 47.9 Å². The number of nitrogens with one attached hydrogen (secondary N) is 1. The van der Waals surface area contributed by atoms with Gasteiger partial charge >= 0.3 is 6.03 Å². The van der Waals surface area contributed by atoms with Gasteiger partial charge in [0.05, 0.1) is 5.69 Å². The van der Waals surface area contributed by atoms with Gasteiger partial charge in [-0.2, -0.15) is 11.8 Å². The van der Waals surface area contributed by atoms with E-state index in [4.69, 9.17) is 0 Å². The highest BCUT2D eigenvalue weighted by molar-refractivity contribution is 7.99. The van der Waals surface area contributed by atoms with Gasteiger partial charge in [0, 0.05) is 43.9 Å². The molecule has 0 radical (unpaired) electrons. The minimum Gasteiger partial charge on any atom is -0.355 e. The van der Waals surface area contributed by atoms with Crippen LogP contribution in [-0.4, -0.2) is 53.6 Å². The molecule has 2 amide bonds. The first-order chi connectivity index (χ1) is 9.84. The Bertz CT molecular complexity index is 470. The second kappa shape index (κ2) is 6.35. The van der Waals surface area contributed by atoms with Crippen molar-refractivity contribution in [3.05, 3.63) is 18.3 Å². The van der Waals surface area contributed by atoms with Gasteiger partial charge in [0.15, 0.2) is 5.82 Å². The zero-order chi connectivity index (χ0) is 13.8. The molecule has 0 bridgehead atoms. The van der Waals surface area contributed by atoms with Crippen LogP contribution in [0.25, 0.3) is 0 Å². The van der Waals surface area contributed by atoms with Gasteiger partial charge in [0.25, 0.3) is 0 Å². The number of hydrogen-bond acceptors (Lipinski definition) is 4. The number of aromatic nitrogens is 1. The van der Waals surface area contributed by atoms with Gasteiger partial charge in [-0.3, -0.25) is 0 Å². The maximum absolute atomic E-state index is 12.3. The zero-order valence-corrected chi connectivity index (χ0v) is 12.4.